The quantitative estimate of drug-likeness (QED) is 0.638. The monoisotopic (exact) mass is 331 g/mol. The minimum atomic E-state index is -1.17. The summed E-state index contributed by atoms with van der Waals surface area (Å²) in [5, 5.41) is 33.9. The molecule has 0 amide bonds. The molecule has 4 unspecified atom stereocenters. The fraction of sp³-hybridized carbons (Fsp3) is 0.375. The predicted molar refractivity (Wildman–Crippen MR) is 82.1 cm³/mol. The molecule has 8 heteroatoms. The maximum Gasteiger partial charge on any atom is 0.136 e. The van der Waals surface area contributed by atoms with Crippen LogP contribution in [0, 0.1) is 6.92 Å². The number of aliphatic hydroxyl groups excluding tert-OH is 3. The lowest BCUT2D eigenvalue weighted by Crippen LogP contribution is -2.32. The molecule has 0 aliphatic carbocycles. The van der Waals surface area contributed by atoms with Crippen LogP contribution in [0.25, 0.3) is 16.8 Å². The van der Waals surface area contributed by atoms with E-state index >= 15 is 0 Å². The Bertz CT molecular complexity index is 860. The van der Waals surface area contributed by atoms with Gasteiger partial charge in [0.2, 0.25) is 0 Å². The summed E-state index contributed by atoms with van der Waals surface area (Å²) < 4.78 is 12.8. The summed E-state index contributed by atoms with van der Waals surface area (Å²) in [5.41, 5.74) is 2.81. The molecule has 3 aromatic heterocycles. The molecule has 0 radical (unpaired) electrons. The first kappa shape index (κ1) is 15.3. The Balaban J connectivity index is 1.90. The summed E-state index contributed by atoms with van der Waals surface area (Å²) in [7, 11) is 0. The number of rotatable bonds is 3. The van der Waals surface area contributed by atoms with E-state index in [1.165, 1.54) is 6.33 Å². The van der Waals surface area contributed by atoms with Crippen LogP contribution < -0.4 is 0 Å². The van der Waals surface area contributed by atoms with Crippen LogP contribution in [0.15, 0.2) is 35.2 Å². The van der Waals surface area contributed by atoms with Crippen LogP contribution in [0.1, 0.15) is 17.5 Å². The lowest BCUT2D eigenvalue weighted by Gasteiger charge is -2.14. The van der Waals surface area contributed by atoms with Crippen molar-refractivity contribution in [3.05, 3.63) is 42.2 Å². The highest BCUT2D eigenvalue weighted by atomic mass is 16.6. The van der Waals surface area contributed by atoms with Crippen molar-refractivity contribution < 1.29 is 24.5 Å². The number of fused-ring (bicyclic) bond motifs is 1. The van der Waals surface area contributed by atoms with Crippen LogP contribution in [0.2, 0.25) is 0 Å². The SMILES string of the molecule is Cc1ncnn2c(C3OC(CO)C(O)C3O)cc(-c3ccco3)c12. The standard InChI is InChI=1S/C16H17N3O5/c1-8-13-9(11-3-2-4-23-11)5-10(19(13)18-7-17-8)16-15(22)14(21)12(6-20)24-16/h2-5,7,12,14-16,20-22H,6H2,1H3. The molecule has 1 aliphatic rings. The van der Waals surface area contributed by atoms with Crippen LogP contribution in [0.4, 0.5) is 0 Å². The van der Waals surface area contributed by atoms with E-state index in [9.17, 15) is 15.3 Å². The van der Waals surface area contributed by atoms with E-state index in [-0.39, 0.29) is 6.61 Å². The lowest BCUT2D eigenvalue weighted by molar-refractivity contribution is -0.0244. The van der Waals surface area contributed by atoms with E-state index < -0.39 is 24.4 Å². The molecule has 0 spiro atoms. The van der Waals surface area contributed by atoms with Gasteiger partial charge < -0.3 is 24.5 Å². The molecule has 0 bridgehead atoms. The van der Waals surface area contributed by atoms with E-state index in [1.54, 1.807) is 22.9 Å². The van der Waals surface area contributed by atoms with Crippen LogP contribution >= 0.6 is 0 Å². The fourth-order valence-corrected chi connectivity index (χ4v) is 3.18. The van der Waals surface area contributed by atoms with Gasteiger partial charge in [0.25, 0.3) is 0 Å². The highest BCUT2D eigenvalue weighted by Gasteiger charge is 2.44. The topological polar surface area (TPSA) is 113 Å². The van der Waals surface area contributed by atoms with Gasteiger partial charge in [0.05, 0.1) is 29.8 Å². The van der Waals surface area contributed by atoms with Crippen molar-refractivity contribution in [2.45, 2.75) is 31.3 Å². The zero-order chi connectivity index (χ0) is 16.8. The van der Waals surface area contributed by atoms with Crippen molar-refractivity contribution in [3.8, 4) is 11.3 Å². The smallest absolute Gasteiger partial charge is 0.136 e. The third-order valence-corrected chi connectivity index (χ3v) is 4.39. The summed E-state index contributed by atoms with van der Waals surface area (Å²) in [5.74, 6) is 0.642. The van der Waals surface area contributed by atoms with Crippen molar-refractivity contribution in [2.75, 3.05) is 6.61 Å². The Morgan fingerprint density at radius 3 is 2.79 bits per heavy atom. The number of hydrogen-bond acceptors (Lipinski definition) is 7. The molecular formula is C16H17N3O5. The molecule has 3 aromatic rings. The van der Waals surface area contributed by atoms with Gasteiger partial charge in [-0.25, -0.2) is 9.50 Å². The predicted octanol–water partition coefficient (Wildman–Crippen LogP) is 0.452. The van der Waals surface area contributed by atoms with Crippen molar-refractivity contribution in [3.63, 3.8) is 0 Å². The fourth-order valence-electron chi connectivity index (χ4n) is 3.18. The molecule has 8 nitrogen and oxygen atoms in total. The Morgan fingerprint density at radius 2 is 2.12 bits per heavy atom. The van der Waals surface area contributed by atoms with E-state index in [2.05, 4.69) is 10.1 Å². The summed E-state index contributed by atoms with van der Waals surface area (Å²) in [6, 6.07) is 5.41. The normalized spacial score (nSPS) is 27.2. The average Bonchev–Trinajstić information content (AvgIpc) is 3.28. The van der Waals surface area contributed by atoms with Gasteiger partial charge in [-0.1, -0.05) is 0 Å². The van der Waals surface area contributed by atoms with Gasteiger partial charge in [0.1, 0.15) is 36.5 Å². The second-order valence-electron chi connectivity index (χ2n) is 5.82. The molecule has 1 fully saturated rings. The highest BCUT2D eigenvalue weighted by molar-refractivity contribution is 5.80. The van der Waals surface area contributed by atoms with Gasteiger partial charge in [-0.05, 0) is 25.1 Å². The third-order valence-electron chi connectivity index (χ3n) is 4.39. The van der Waals surface area contributed by atoms with Crippen LogP contribution in [-0.4, -0.2) is 54.8 Å². The molecule has 1 saturated heterocycles. The summed E-state index contributed by atoms with van der Waals surface area (Å²) >= 11 is 0. The summed E-state index contributed by atoms with van der Waals surface area (Å²) in [6.07, 6.45) is -1.00. The Hall–Kier alpha value is -2.26. The first-order valence-electron chi connectivity index (χ1n) is 7.61. The highest BCUT2D eigenvalue weighted by Crippen LogP contribution is 2.38. The van der Waals surface area contributed by atoms with E-state index in [1.807, 2.05) is 13.0 Å². The first-order chi connectivity index (χ1) is 11.6. The van der Waals surface area contributed by atoms with Crippen LogP contribution in [0.5, 0.6) is 0 Å². The Kier molecular flexibility index (Phi) is 3.61. The molecule has 4 heterocycles. The number of ether oxygens (including phenoxy) is 1. The van der Waals surface area contributed by atoms with Crippen LogP contribution in [-0.2, 0) is 4.74 Å². The Labute approximate surface area is 136 Å². The largest absolute Gasteiger partial charge is 0.464 e. The summed E-state index contributed by atoms with van der Waals surface area (Å²) in [4.78, 5) is 4.22. The molecular weight excluding hydrogens is 314 g/mol. The van der Waals surface area contributed by atoms with Crippen molar-refractivity contribution in [1.82, 2.24) is 14.6 Å². The number of aliphatic hydroxyl groups is 3. The zero-order valence-corrected chi connectivity index (χ0v) is 12.9. The maximum absolute atomic E-state index is 10.3. The first-order valence-corrected chi connectivity index (χ1v) is 7.61. The number of hydrogen-bond donors (Lipinski definition) is 3. The lowest BCUT2D eigenvalue weighted by atomic mass is 10.1. The number of furan rings is 1. The van der Waals surface area contributed by atoms with Gasteiger partial charge in [-0.3, -0.25) is 0 Å². The van der Waals surface area contributed by atoms with Gasteiger partial charge in [-0.15, -0.1) is 0 Å². The zero-order valence-electron chi connectivity index (χ0n) is 12.9. The third kappa shape index (κ3) is 2.15. The minimum absolute atomic E-state index is 0.378. The molecule has 4 rings (SSSR count). The van der Waals surface area contributed by atoms with Gasteiger partial charge >= 0.3 is 0 Å². The number of aryl methyl sites for hydroxylation is 1. The minimum Gasteiger partial charge on any atom is -0.464 e. The van der Waals surface area contributed by atoms with E-state index in [0.29, 0.717) is 11.5 Å². The van der Waals surface area contributed by atoms with Crippen molar-refractivity contribution in [1.29, 1.82) is 0 Å². The number of aromatic nitrogens is 3. The average molecular weight is 331 g/mol. The van der Waals surface area contributed by atoms with Gasteiger partial charge in [0.15, 0.2) is 0 Å². The second-order valence-corrected chi connectivity index (χ2v) is 5.82. The molecule has 0 saturated carbocycles. The van der Waals surface area contributed by atoms with Crippen molar-refractivity contribution in [2.24, 2.45) is 0 Å². The molecule has 4 atom stereocenters. The van der Waals surface area contributed by atoms with Gasteiger partial charge in [-0.2, -0.15) is 5.10 Å². The summed E-state index contributed by atoms with van der Waals surface area (Å²) in [6.45, 7) is 1.47. The maximum atomic E-state index is 10.3. The molecule has 0 aromatic carbocycles. The molecule has 1 aliphatic heterocycles. The molecule has 3 N–H and O–H groups in total. The molecule has 24 heavy (non-hydrogen) atoms. The van der Waals surface area contributed by atoms with E-state index in [4.69, 9.17) is 9.15 Å². The second kappa shape index (κ2) is 5.67. The molecule has 126 valence electrons. The van der Waals surface area contributed by atoms with Crippen molar-refractivity contribution >= 4 is 5.52 Å². The number of nitrogens with zero attached hydrogens (tertiary/aromatic N) is 3. The van der Waals surface area contributed by atoms with Crippen LogP contribution in [0.3, 0.4) is 0 Å². The van der Waals surface area contributed by atoms with Gasteiger partial charge in [0, 0.05) is 5.56 Å². The Morgan fingerprint density at radius 1 is 1.29 bits per heavy atom. The van der Waals surface area contributed by atoms with E-state index in [0.717, 1.165) is 16.8 Å².